The van der Waals surface area contributed by atoms with E-state index >= 15 is 0 Å². The summed E-state index contributed by atoms with van der Waals surface area (Å²) in [6, 6.07) is 0. The molecule has 3 atom stereocenters. The molecule has 0 aromatic rings. The van der Waals surface area contributed by atoms with E-state index < -0.39 is 0 Å². The van der Waals surface area contributed by atoms with Gasteiger partial charge in [-0.15, -0.1) is 0 Å². The summed E-state index contributed by atoms with van der Waals surface area (Å²) in [6.45, 7) is 105. The lowest BCUT2D eigenvalue weighted by molar-refractivity contribution is -0.121. The molecule has 0 spiro atoms. The zero-order valence-electron chi connectivity index (χ0n) is 94.4. The van der Waals surface area contributed by atoms with Gasteiger partial charge in [0.25, 0.3) is 0 Å². The van der Waals surface area contributed by atoms with Crippen molar-refractivity contribution in [3.05, 3.63) is 0 Å². The third kappa shape index (κ3) is 200. The molecule has 15 heteroatoms. The Morgan fingerprint density at radius 1 is 0.328 bits per heavy atom. The van der Waals surface area contributed by atoms with E-state index in [9.17, 15) is 4.79 Å². The first-order valence-electron chi connectivity index (χ1n) is 52.2. The summed E-state index contributed by atoms with van der Waals surface area (Å²) in [6.07, 6.45) is 29.8. The van der Waals surface area contributed by atoms with Crippen molar-refractivity contribution >= 4 is 5.78 Å². The first kappa shape index (κ1) is 150. The first-order chi connectivity index (χ1) is 58.3. The smallest absolute Gasteiger partial charge is 0.137 e. The van der Waals surface area contributed by atoms with Crippen molar-refractivity contribution < 1.29 is 57.6 Å². The van der Waals surface area contributed by atoms with Crippen molar-refractivity contribution in [2.75, 3.05) is 187 Å². The van der Waals surface area contributed by atoms with E-state index in [1.54, 1.807) is 7.11 Å². The van der Waals surface area contributed by atoms with Gasteiger partial charge in [-0.1, -0.05) is 307 Å². The second kappa shape index (κ2) is 117. The van der Waals surface area contributed by atoms with Crippen molar-refractivity contribution in [3.63, 3.8) is 0 Å². The second-order valence-corrected chi connectivity index (χ2v) is 42.7. The Morgan fingerprint density at radius 3 is 1.04 bits per heavy atom. The molecule has 0 aromatic carbocycles. The van der Waals surface area contributed by atoms with Crippen LogP contribution in [0.15, 0.2) is 0 Å². The van der Waals surface area contributed by atoms with Gasteiger partial charge in [0.2, 0.25) is 0 Å². The summed E-state index contributed by atoms with van der Waals surface area (Å²) in [7, 11) is 10.2. The number of ether oxygens (including phenoxy) is 9. The molecular weight excluding hydrogens is 1560 g/mol. The quantitative estimate of drug-likeness (QED) is 0.0556. The van der Waals surface area contributed by atoms with Crippen LogP contribution in [0.5, 0.6) is 0 Å². The monoisotopic (exact) mass is 1800 g/mol. The molecule has 0 aliphatic heterocycles. The Balaban J connectivity index is -0.000000113. The van der Waals surface area contributed by atoms with E-state index in [2.05, 4.69) is 292 Å². The molecule has 772 valence electrons. The number of ketones is 1. The highest BCUT2D eigenvalue weighted by molar-refractivity contribution is 5.78. The van der Waals surface area contributed by atoms with Crippen LogP contribution in [-0.4, -0.2) is 224 Å². The minimum absolute atomic E-state index is 0.104. The van der Waals surface area contributed by atoms with Crippen molar-refractivity contribution in [2.24, 2.45) is 93.7 Å². The maximum atomic E-state index is 11.3. The lowest BCUT2D eigenvalue weighted by Gasteiger charge is -2.23. The third-order valence-corrected chi connectivity index (χ3v) is 19.2. The zero-order valence-corrected chi connectivity index (χ0v) is 94.4. The summed E-state index contributed by atoms with van der Waals surface area (Å²) in [5, 5.41) is 17.0. The lowest BCUT2D eigenvalue weighted by atomic mass is 9.83. The fraction of sp³-hybridized carbons (Fsp3) is 0.991. The highest BCUT2D eigenvalue weighted by Crippen LogP contribution is 2.28. The maximum absolute atomic E-state index is 11.3. The molecule has 0 aromatic heterocycles. The van der Waals surface area contributed by atoms with Crippen molar-refractivity contribution in [3.8, 4) is 0 Å². The minimum Gasteiger partial charge on any atom is -0.396 e. The number of hydrogen-bond donors (Lipinski definition) is 2. The fourth-order valence-corrected chi connectivity index (χ4v) is 10.8. The molecule has 0 radical (unpaired) electrons. The van der Waals surface area contributed by atoms with E-state index in [1.165, 1.54) is 142 Å². The Kier molecular flexibility index (Phi) is 140. The van der Waals surface area contributed by atoms with Gasteiger partial charge in [0, 0.05) is 91.4 Å². The van der Waals surface area contributed by atoms with Gasteiger partial charge in [-0.05, 0) is 260 Å². The van der Waals surface area contributed by atoms with Crippen molar-refractivity contribution in [1.29, 1.82) is 0 Å². The SMILES string of the molecule is CC(C)CC(C)O.CC(C)CCC(C)CC(C)(C)C.CC(C)CCCN(C)C.CC(C)CCN(C)C.CC(C)CCO.CCC(C)C.CCCCC(C)COCCOCCC(C)C.CCCCCC(C)C.CCN(CC)CCC(C)C.CCOCCC(=O)CCOCCC(C)C.CCOCCOCCC(C)C.COCC(C)(C)COCCCOCCCC(C)C. The molecule has 0 rings (SSSR count). The molecule has 0 aliphatic rings. The van der Waals surface area contributed by atoms with E-state index in [0.717, 1.165) is 190 Å². The maximum Gasteiger partial charge on any atom is 0.137 e. The summed E-state index contributed by atoms with van der Waals surface area (Å²) in [4.78, 5) is 18.2. The molecule has 3 unspecified atom stereocenters. The van der Waals surface area contributed by atoms with Gasteiger partial charge in [-0.3, -0.25) is 4.79 Å². The molecule has 0 amide bonds. The van der Waals surface area contributed by atoms with Gasteiger partial charge in [-0.2, -0.15) is 0 Å². The fourth-order valence-electron chi connectivity index (χ4n) is 10.8. The van der Waals surface area contributed by atoms with Crippen LogP contribution >= 0.6 is 0 Å². The van der Waals surface area contributed by atoms with Gasteiger partial charge in [0.05, 0.1) is 59.0 Å². The predicted octanol–water partition coefficient (Wildman–Crippen LogP) is 30.1. The largest absolute Gasteiger partial charge is 0.396 e. The highest BCUT2D eigenvalue weighted by atomic mass is 16.5. The van der Waals surface area contributed by atoms with Gasteiger partial charge < -0.3 is 67.5 Å². The topological polar surface area (TPSA) is 150 Å². The average Bonchev–Trinajstić information content (AvgIpc) is 0.949. The number of hydrogen-bond acceptors (Lipinski definition) is 15. The molecule has 125 heavy (non-hydrogen) atoms. The summed E-state index contributed by atoms with van der Waals surface area (Å²) >= 11 is 0. The van der Waals surface area contributed by atoms with Crippen molar-refractivity contribution in [1.82, 2.24) is 14.7 Å². The number of carbonyl (C=O) groups excluding carboxylic acids is 1. The van der Waals surface area contributed by atoms with Crippen LogP contribution in [0.1, 0.15) is 431 Å². The second-order valence-electron chi connectivity index (χ2n) is 42.7. The molecular formula is C110H245N3O12. The van der Waals surface area contributed by atoms with Gasteiger partial charge >= 0.3 is 0 Å². The summed E-state index contributed by atoms with van der Waals surface area (Å²) in [5.41, 5.74) is 0.614. The number of methoxy groups -OCH3 is 1. The molecule has 0 fully saturated rings. The number of rotatable bonds is 65. The number of aliphatic hydroxyl groups excluding tert-OH is 2. The Hall–Kier alpha value is -0.890. The van der Waals surface area contributed by atoms with Crippen LogP contribution in [0, 0.1) is 93.7 Å². The highest BCUT2D eigenvalue weighted by Gasteiger charge is 2.18. The lowest BCUT2D eigenvalue weighted by Crippen LogP contribution is -2.25. The van der Waals surface area contributed by atoms with Crippen LogP contribution < -0.4 is 0 Å². The molecule has 0 saturated carbocycles. The molecule has 2 N–H and O–H groups in total. The molecule has 0 bridgehead atoms. The van der Waals surface area contributed by atoms with Gasteiger partial charge in [0.1, 0.15) is 5.78 Å². The molecule has 0 heterocycles. The number of nitrogens with zero attached hydrogens (tertiary/aromatic N) is 3. The third-order valence-electron chi connectivity index (χ3n) is 19.2. The predicted molar refractivity (Wildman–Crippen MR) is 561 cm³/mol. The Morgan fingerprint density at radius 2 is 0.696 bits per heavy atom. The first-order valence-corrected chi connectivity index (χ1v) is 52.2. The average molecular weight is 1800 g/mol. The van der Waals surface area contributed by atoms with Crippen LogP contribution in [-0.2, 0) is 47.4 Å². The van der Waals surface area contributed by atoms with Gasteiger partial charge in [-0.25, -0.2) is 0 Å². The van der Waals surface area contributed by atoms with Crippen LogP contribution in [0.4, 0.5) is 0 Å². The Bertz CT molecular complexity index is 1810. The summed E-state index contributed by atoms with van der Waals surface area (Å²) < 4.78 is 48.3. The van der Waals surface area contributed by atoms with Crippen LogP contribution in [0.3, 0.4) is 0 Å². The van der Waals surface area contributed by atoms with Crippen LogP contribution in [0.25, 0.3) is 0 Å². The van der Waals surface area contributed by atoms with E-state index in [1.807, 2.05) is 20.8 Å². The number of Topliss-reactive ketones (excluding diaryl/α,β-unsaturated/α-hetero) is 1. The Labute approximate surface area is 791 Å². The van der Waals surface area contributed by atoms with E-state index in [-0.39, 0.29) is 17.3 Å². The van der Waals surface area contributed by atoms with E-state index in [0.29, 0.717) is 68.4 Å². The number of aliphatic hydroxyl groups is 2. The number of carbonyl (C=O) groups is 1. The molecule has 0 aliphatic carbocycles. The van der Waals surface area contributed by atoms with Crippen LogP contribution in [0.2, 0.25) is 0 Å². The van der Waals surface area contributed by atoms with Crippen molar-refractivity contribution in [2.45, 2.75) is 437 Å². The standard InChI is InChI=1S/C15H32O3.C14H30O2.C12H24O3.C12H26.C9H21N.C9H20O2.C8H19N.C8H18.C7H17N.C6H14O.C5H12O.C5H12/c1-14(2)8-6-9-17-10-7-11-18-13-15(3,4)12-16-5;1-5-6-7-14(4)12-16-11-10-15-9-8-13(2)3;1-4-14-9-6-12(13)7-10-15-8-5-11(2)3;1-10(2)7-8-11(3)9-12(4,5)6;1-5-10(6-2)8-7-9(3)4;1-4-10-7-8-11-6-5-9(2)3;1-8(2)6-5-7-9(3)4;1-4-5-6-7-8(2)3;1-7(2)5-6-8(3)4;1-5(2)4-6(3)7;1-5(2)3-4-6;1-4-5(2)3/h14H,6-13H2,1-5H3;13-14H,5-12H2,1-4H3;11H,4-10H2,1-3H3;10-11H,7-9H2,1-6H3;9H,5-8H2,1-4H3;9H,4-8H2,1-3H3;8H,5-7H2,1-4H3;8H,4-7H2,1-3H3;7H,5-6H2,1-4H3;5-7H,4H2,1-3H3;5-6H,3-4H2,1-2H3;5H,4H2,1-3H3. The zero-order chi connectivity index (χ0) is 99.3. The van der Waals surface area contributed by atoms with E-state index in [4.69, 9.17) is 52.8 Å². The summed E-state index contributed by atoms with van der Waals surface area (Å²) in [5.74, 6) is 11.2. The molecule has 0 saturated heterocycles. The van der Waals surface area contributed by atoms with Gasteiger partial charge in [0.15, 0.2) is 0 Å². The number of unbranched alkanes of at least 4 members (excludes halogenated alkanes) is 3. The molecule has 15 nitrogen and oxygen atoms in total. The normalized spacial score (nSPS) is 12.0. The minimum atomic E-state index is -0.125.